The highest BCUT2D eigenvalue weighted by Crippen LogP contribution is 2.17. The summed E-state index contributed by atoms with van der Waals surface area (Å²) in [5, 5.41) is 7.38. The average molecular weight is 435 g/mol. The van der Waals surface area contributed by atoms with E-state index in [1.807, 2.05) is 31.2 Å². The minimum absolute atomic E-state index is 0.0308. The predicted molar refractivity (Wildman–Crippen MR) is 109 cm³/mol. The molecule has 3 rings (SSSR count). The quantitative estimate of drug-likeness (QED) is 0.758. The van der Waals surface area contributed by atoms with Gasteiger partial charge in [-0.05, 0) is 37.1 Å². The van der Waals surface area contributed by atoms with Gasteiger partial charge < -0.3 is 10.1 Å². The maximum Gasteiger partial charge on any atom is 0.254 e. The first kappa shape index (κ1) is 20.0. The SMILES string of the molecule is Cc1c(C(=O)NCC2CN(CC(C)C)CCO2)cnn1-c1ccc(Br)cc1. The molecule has 1 aliphatic heterocycles. The molecule has 0 saturated carbocycles. The van der Waals surface area contributed by atoms with Crippen LogP contribution in [0.3, 0.4) is 0 Å². The van der Waals surface area contributed by atoms with E-state index >= 15 is 0 Å². The Morgan fingerprint density at radius 3 is 2.81 bits per heavy atom. The highest BCUT2D eigenvalue weighted by Gasteiger charge is 2.22. The molecule has 1 saturated heterocycles. The summed E-state index contributed by atoms with van der Waals surface area (Å²) < 4.78 is 8.60. The van der Waals surface area contributed by atoms with Gasteiger partial charge in [0.25, 0.3) is 5.91 Å². The number of carbonyl (C=O) groups is 1. The van der Waals surface area contributed by atoms with E-state index in [1.165, 1.54) is 0 Å². The molecule has 1 N–H and O–H groups in total. The Bertz CT molecular complexity index is 773. The summed E-state index contributed by atoms with van der Waals surface area (Å²) in [5.41, 5.74) is 2.34. The van der Waals surface area contributed by atoms with Crippen LogP contribution in [0.15, 0.2) is 34.9 Å². The van der Waals surface area contributed by atoms with Crippen molar-refractivity contribution < 1.29 is 9.53 Å². The molecule has 2 aromatic rings. The van der Waals surface area contributed by atoms with Crippen LogP contribution in [-0.4, -0.2) is 59.5 Å². The molecule has 1 aromatic heterocycles. The van der Waals surface area contributed by atoms with Gasteiger partial charge in [-0.15, -0.1) is 0 Å². The van der Waals surface area contributed by atoms with Crippen molar-refractivity contribution >= 4 is 21.8 Å². The maximum absolute atomic E-state index is 12.6. The second-order valence-electron chi connectivity index (χ2n) is 7.39. The van der Waals surface area contributed by atoms with Gasteiger partial charge in [-0.2, -0.15) is 5.10 Å². The second-order valence-corrected chi connectivity index (χ2v) is 8.30. The number of morpholine rings is 1. The first-order valence-electron chi connectivity index (χ1n) is 9.36. The minimum Gasteiger partial charge on any atom is -0.374 e. The van der Waals surface area contributed by atoms with Crippen molar-refractivity contribution in [3.05, 3.63) is 46.2 Å². The van der Waals surface area contributed by atoms with Gasteiger partial charge in [0.2, 0.25) is 0 Å². The Morgan fingerprint density at radius 1 is 1.37 bits per heavy atom. The number of benzene rings is 1. The maximum atomic E-state index is 12.6. The number of nitrogens with zero attached hydrogens (tertiary/aromatic N) is 3. The number of ether oxygens (including phenoxy) is 1. The van der Waals surface area contributed by atoms with Gasteiger partial charge in [0.15, 0.2) is 0 Å². The summed E-state index contributed by atoms with van der Waals surface area (Å²) in [6, 6.07) is 7.84. The molecule has 0 bridgehead atoms. The first-order chi connectivity index (χ1) is 12.9. The number of hydrogen-bond acceptors (Lipinski definition) is 4. The molecule has 6 nitrogen and oxygen atoms in total. The molecule has 1 aliphatic rings. The fourth-order valence-corrected chi connectivity index (χ4v) is 3.63. The van der Waals surface area contributed by atoms with Crippen molar-refractivity contribution in [3.8, 4) is 5.69 Å². The van der Waals surface area contributed by atoms with Crippen LogP contribution in [0.2, 0.25) is 0 Å². The lowest BCUT2D eigenvalue weighted by Gasteiger charge is -2.33. The standard InChI is InChI=1S/C20H27BrN4O2/c1-14(2)12-24-8-9-27-18(13-24)10-22-20(26)19-11-23-25(15(19)3)17-6-4-16(21)5-7-17/h4-7,11,14,18H,8-10,12-13H2,1-3H3,(H,22,26). The average Bonchev–Trinajstić information content (AvgIpc) is 3.02. The molecule has 1 fully saturated rings. The molecule has 1 unspecified atom stereocenters. The van der Waals surface area contributed by atoms with Crippen LogP contribution in [0.4, 0.5) is 0 Å². The molecule has 27 heavy (non-hydrogen) atoms. The van der Waals surface area contributed by atoms with E-state index < -0.39 is 0 Å². The zero-order chi connectivity index (χ0) is 19.4. The number of nitrogens with one attached hydrogen (secondary N) is 1. The fourth-order valence-electron chi connectivity index (χ4n) is 3.36. The van der Waals surface area contributed by atoms with E-state index in [1.54, 1.807) is 10.9 Å². The minimum atomic E-state index is -0.111. The Hall–Kier alpha value is -1.70. The monoisotopic (exact) mass is 434 g/mol. The third-order valence-corrected chi connectivity index (χ3v) is 5.19. The molecule has 0 radical (unpaired) electrons. The molecular weight excluding hydrogens is 408 g/mol. The largest absolute Gasteiger partial charge is 0.374 e. The number of amides is 1. The zero-order valence-corrected chi connectivity index (χ0v) is 17.7. The summed E-state index contributed by atoms with van der Waals surface area (Å²) in [5.74, 6) is 0.519. The third-order valence-electron chi connectivity index (χ3n) is 4.66. The van der Waals surface area contributed by atoms with Crippen molar-refractivity contribution in [2.75, 3.05) is 32.8 Å². The number of halogens is 1. The van der Waals surface area contributed by atoms with Crippen molar-refractivity contribution in [2.24, 2.45) is 5.92 Å². The number of aromatic nitrogens is 2. The van der Waals surface area contributed by atoms with Crippen LogP contribution in [0.5, 0.6) is 0 Å². The van der Waals surface area contributed by atoms with E-state index in [9.17, 15) is 4.79 Å². The Morgan fingerprint density at radius 2 is 2.11 bits per heavy atom. The van der Waals surface area contributed by atoms with Crippen molar-refractivity contribution in [2.45, 2.75) is 26.9 Å². The second kappa shape index (κ2) is 8.99. The summed E-state index contributed by atoms with van der Waals surface area (Å²) >= 11 is 3.43. The number of carbonyl (C=O) groups excluding carboxylic acids is 1. The van der Waals surface area contributed by atoms with Crippen LogP contribution >= 0.6 is 15.9 Å². The molecule has 1 atom stereocenters. The predicted octanol–water partition coefficient (Wildman–Crippen LogP) is 3.03. The van der Waals surface area contributed by atoms with Gasteiger partial charge in [-0.3, -0.25) is 9.69 Å². The van der Waals surface area contributed by atoms with Gasteiger partial charge in [0.05, 0.1) is 35.9 Å². The van der Waals surface area contributed by atoms with E-state index in [4.69, 9.17) is 4.74 Å². The van der Waals surface area contributed by atoms with Crippen molar-refractivity contribution in [1.82, 2.24) is 20.0 Å². The molecule has 1 aromatic carbocycles. The Kier molecular flexibility index (Phi) is 6.68. The number of rotatable bonds is 6. The normalized spacial score (nSPS) is 18.0. The van der Waals surface area contributed by atoms with E-state index in [-0.39, 0.29) is 12.0 Å². The smallest absolute Gasteiger partial charge is 0.254 e. The van der Waals surface area contributed by atoms with E-state index in [0.717, 1.165) is 35.5 Å². The fraction of sp³-hybridized carbons (Fsp3) is 0.500. The zero-order valence-electron chi connectivity index (χ0n) is 16.1. The topological polar surface area (TPSA) is 59.4 Å². The molecule has 7 heteroatoms. The molecule has 2 heterocycles. The van der Waals surface area contributed by atoms with Crippen molar-refractivity contribution in [1.29, 1.82) is 0 Å². The van der Waals surface area contributed by atoms with Crippen LogP contribution in [0, 0.1) is 12.8 Å². The molecule has 1 amide bonds. The first-order valence-corrected chi connectivity index (χ1v) is 10.2. The Labute approximate surface area is 169 Å². The van der Waals surface area contributed by atoms with Crippen LogP contribution in [-0.2, 0) is 4.74 Å². The van der Waals surface area contributed by atoms with Gasteiger partial charge in [-0.25, -0.2) is 4.68 Å². The lowest BCUT2D eigenvalue weighted by Crippen LogP contribution is -2.48. The van der Waals surface area contributed by atoms with Crippen LogP contribution in [0.1, 0.15) is 29.9 Å². The van der Waals surface area contributed by atoms with Crippen molar-refractivity contribution in [3.63, 3.8) is 0 Å². The Balaban J connectivity index is 1.59. The van der Waals surface area contributed by atoms with E-state index in [2.05, 4.69) is 45.1 Å². The van der Waals surface area contributed by atoms with Crippen LogP contribution in [0.25, 0.3) is 5.69 Å². The molecule has 0 spiro atoms. The molecule has 0 aliphatic carbocycles. The highest BCUT2D eigenvalue weighted by molar-refractivity contribution is 9.10. The molecular formula is C20H27BrN4O2. The summed E-state index contributed by atoms with van der Waals surface area (Å²) in [6.45, 7) is 10.5. The highest BCUT2D eigenvalue weighted by atomic mass is 79.9. The van der Waals surface area contributed by atoms with E-state index in [0.29, 0.717) is 24.6 Å². The lowest BCUT2D eigenvalue weighted by molar-refractivity contribution is -0.0295. The summed E-state index contributed by atoms with van der Waals surface area (Å²) in [4.78, 5) is 15.0. The van der Waals surface area contributed by atoms with Gasteiger partial charge in [-0.1, -0.05) is 29.8 Å². The lowest BCUT2D eigenvalue weighted by atomic mass is 10.1. The third kappa shape index (κ3) is 5.18. The molecule has 146 valence electrons. The van der Waals surface area contributed by atoms with Gasteiger partial charge in [0.1, 0.15) is 0 Å². The number of hydrogen-bond donors (Lipinski definition) is 1. The van der Waals surface area contributed by atoms with Gasteiger partial charge in [0, 0.05) is 30.7 Å². The van der Waals surface area contributed by atoms with Gasteiger partial charge >= 0.3 is 0 Å². The summed E-state index contributed by atoms with van der Waals surface area (Å²) in [6.07, 6.45) is 1.66. The van der Waals surface area contributed by atoms with Crippen LogP contribution < -0.4 is 5.32 Å². The summed E-state index contributed by atoms with van der Waals surface area (Å²) in [7, 11) is 0.